The molecule has 182 valence electrons. The smallest absolute Gasteiger partial charge is 0.418 e. The van der Waals surface area contributed by atoms with E-state index in [1.165, 1.54) is 11.6 Å². The second-order valence-corrected chi connectivity index (χ2v) is 7.67. The van der Waals surface area contributed by atoms with Crippen LogP contribution < -0.4 is 10.2 Å². The Balaban J connectivity index is 1.78. The molecule has 0 atom stereocenters. The van der Waals surface area contributed by atoms with E-state index in [0.717, 1.165) is 32.9 Å². The van der Waals surface area contributed by atoms with Crippen molar-refractivity contribution in [3.63, 3.8) is 0 Å². The fourth-order valence-electron chi connectivity index (χ4n) is 3.66. The number of piperazine rings is 1. The van der Waals surface area contributed by atoms with Crippen molar-refractivity contribution in [3.05, 3.63) is 71.4 Å². The third-order valence-corrected chi connectivity index (χ3v) is 5.43. The van der Waals surface area contributed by atoms with Gasteiger partial charge in [0.25, 0.3) is 0 Å². The molecular weight excluding hydrogens is 451 g/mol. The SMILES string of the molecule is COC(=O)/C=C(/Nc1ccc(N2CCN(Cc3ccccc3)CC2)cc1C(F)(F)F)C(=O)OC. The van der Waals surface area contributed by atoms with Crippen LogP contribution in [0.15, 0.2) is 60.3 Å². The van der Waals surface area contributed by atoms with E-state index in [1.807, 2.05) is 35.2 Å². The summed E-state index contributed by atoms with van der Waals surface area (Å²) < 4.78 is 50.6. The number of hydrogen-bond donors (Lipinski definition) is 1. The van der Waals surface area contributed by atoms with Crippen LogP contribution in [0.2, 0.25) is 0 Å². The maximum absolute atomic E-state index is 13.9. The van der Waals surface area contributed by atoms with Crippen LogP contribution in [0.1, 0.15) is 11.1 Å². The Morgan fingerprint density at radius 2 is 1.68 bits per heavy atom. The zero-order chi connectivity index (χ0) is 24.7. The Labute approximate surface area is 195 Å². The van der Waals surface area contributed by atoms with Gasteiger partial charge in [-0.1, -0.05) is 30.3 Å². The third-order valence-electron chi connectivity index (χ3n) is 5.43. The van der Waals surface area contributed by atoms with Crippen LogP contribution >= 0.6 is 0 Å². The van der Waals surface area contributed by atoms with Gasteiger partial charge in [0.1, 0.15) is 5.70 Å². The maximum Gasteiger partial charge on any atom is 0.418 e. The average molecular weight is 477 g/mol. The lowest BCUT2D eigenvalue weighted by Gasteiger charge is -2.36. The second kappa shape index (κ2) is 11.1. The van der Waals surface area contributed by atoms with Gasteiger partial charge in [0.2, 0.25) is 0 Å². The van der Waals surface area contributed by atoms with E-state index in [1.54, 1.807) is 6.07 Å². The summed E-state index contributed by atoms with van der Waals surface area (Å²) >= 11 is 0. The van der Waals surface area contributed by atoms with Gasteiger partial charge in [-0.3, -0.25) is 4.90 Å². The second-order valence-electron chi connectivity index (χ2n) is 7.67. The first-order valence-corrected chi connectivity index (χ1v) is 10.6. The summed E-state index contributed by atoms with van der Waals surface area (Å²) in [5, 5.41) is 2.37. The van der Waals surface area contributed by atoms with Crippen molar-refractivity contribution in [1.29, 1.82) is 0 Å². The molecule has 1 heterocycles. The molecule has 3 rings (SSSR count). The van der Waals surface area contributed by atoms with Gasteiger partial charge in [0.05, 0.1) is 31.5 Å². The lowest BCUT2D eigenvalue weighted by Crippen LogP contribution is -2.46. The zero-order valence-electron chi connectivity index (χ0n) is 18.9. The van der Waals surface area contributed by atoms with Gasteiger partial charge in [-0.05, 0) is 23.8 Å². The predicted octanol–water partition coefficient (Wildman–Crippen LogP) is 3.67. The highest BCUT2D eigenvalue weighted by molar-refractivity contribution is 5.99. The fourth-order valence-corrected chi connectivity index (χ4v) is 3.66. The van der Waals surface area contributed by atoms with Crippen molar-refractivity contribution < 1.29 is 32.2 Å². The Bertz CT molecular complexity index is 1030. The summed E-state index contributed by atoms with van der Waals surface area (Å²) in [6, 6.07) is 13.8. The monoisotopic (exact) mass is 477 g/mol. The lowest BCUT2D eigenvalue weighted by atomic mass is 10.1. The molecule has 1 saturated heterocycles. The highest BCUT2D eigenvalue weighted by Gasteiger charge is 2.35. The Morgan fingerprint density at radius 1 is 1.00 bits per heavy atom. The Hall–Kier alpha value is -3.53. The molecule has 0 aliphatic carbocycles. The molecule has 0 radical (unpaired) electrons. The molecule has 34 heavy (non-hydrogen) atoms. The van der Waals surface area contributed by atoms with Crippen molar-refractivity contribution in [1.82, 2.24) is 4.90 Å². The van der Waals surface area contributed by atoms with Crippen LogP contribution in [-0.2, 0) is 31.8 Å². The molecule has 0 bridgehead atoms. The number of benzene rings is 2. The first-order valence-electron chi connectivity index (χ1n) is 10.6. The molecule has 1 aliphatic rings. The molecule has 1 aliphatic heterocycles. The number of rotatable bonds is 7. The molecule has 10 heteroatoms. The molecule has 2 aromatic carbocycles. The van der Waals surface area contributed by atoms with Crippen molar-refractivity contribution >= 4 is 23.3 Å². The van der Waals surface area contributed by atoms with Crippen molar-refractivity contribution in [2.24, 2.45) is 0 Å². The highest BCUT2D eigenvalue weighted by atomic mass is 19.4. The number of ether oxygens (including phenoxy) is 2. The molecular formula is C24H26F3N3O4. The van der Waals surface area contributed by atoms with Gasteiger partial charge in [-0.2, -0.15) is 13.2 Å². The molecule has 0 unspecified atom stereocenters. The van der Waals surface area contributed by atoms with E-state index >= 15 is 0 Å². The molecule has 1 N–H and O–H groups in total. The standard InChI is InChI=1S/C24H26F3N3O4/c1-33-22(31)15-21(23(32)34-2)28-20-9-8-18(14-19(20)24(25,26)27)30-12-10-29(11-13-30)16-17-6-4-3-5-7-17/h3-9,14-15,28H,10-13,16H2,1-2H3/b21-15+. The van der Waals surface area contributed by atoms with Gasteiger partial charge >= 0.3 is 18.1 Å². The first-order chi connectivity index (χ1) is 16.2. The van der Waals surface area contributed by atoms with Gasteiger partial charge in [0, 0.05) is 38.4 Å². The zero-order valence-corrected chi connectivity index (χ0v) is 18.9. The van der Waals surface area contributed by atoms with Crippen LogP contribution in [0.5, 0.6) is 0 Å². The van der Waals surface area contributed by atoms with Crippen molar-refractivity contribution in [2.45, 2.75) is 12.7 Å². The number of carbonyl (C=O) groups excluding carboxylic acids is 2. The molecule has 0 saturated carbocycles. The van der Waals surface area contributed by atoms with E-state index in [2.05, 4.69) is 19.7 Å². The average Bonchev–Trinajstić information content (AvgIpc) is 2.83. The summed E-state index contributed by atoms with van der Waals surface area (Å²) in [7, 11) is 2.14. The summed E-state index contributed by atoms with van der Waals surface area (Å²) in [5.41, 5.74) is -0.195. The number of carbonyl (C=O) groups is 2. The number of nitrogens with zero attached hydrogens (tertiary/aromatic N) is 2. The topological polar surface area (TPSA) is 71.1 Å². The van der Waals surface area contributed by atoms with Crippen LogP contribution in [0.4, 0.5) is 24.5 Å². The highest BCUT2D eigenvalue weighted by Crippen LogP contribution is 2.38. The quantitative estimate of drug-likeness (QED) is 0.482. The number of alkyl halides is 3. The third kappa shape index (κ3) is 6.50. The lowest BCUT2D eigenvalue weighted by molar-refractivity contribution is -0.138. The van der Waals surface area contributed by atoms with Crippen LogP contribution in [0.3, 0.4) is 0 Å². The van der Waals surface area contributed by atoms with Crippen molar-refractivity contribution in [3.8, 4) is 0 Å². The van der Waals surface area contributed by atoms with E-state index in [9.17, 15) is 22.8 Å². The Morgan fingerprint density at radius 3 is 2.26 bits per heavy atom. The van der Waals surface area contributed by atoms with Gasteiger partial charge in [0.15, 0.2) is 0 Å². The summed E-state index contributed by atoms with van der Waals surface area (Å²) in [4.78, 5) is 27.6. The first kappa shape index (κ1) is 25.1. The summed E-state index contributed by atoms with van der Waals surface area (Å²) in [6.07, 6.45) is -3.95. The number of esters is 2. The minimum atomic E-state index is -4.69. The summed E-state index contributed by atoms with van der Waals surface area (Å²) in [6.45, 7) is 3.36. The van der Waals surface area contributed by atoms with Crippen LogP contribution in [0, 0.1) is 0 Å². The number of nitrogens with one attached hydrogen (secondary N) is 1. The predicted molar refractivity (Wildman–Crippen MR) is 121 cm³/mol. The fraction of sp³-hybridized carbons (Fsp3) is 0.333. The molecule has 0 spiro atoms. The number of anilines is 2. The number of hydrogen-bond acceptors (Lipinski definition) is 7. The molecule has 0 amide bonds. The normalized spacial score (nSPS) is 15.1. The van der Waals surface area contributed by atoms with Gasteiger partial charge in [-0.15, -0.1) is 0 Å². The molecule has 2 aromatic rings. The number of halogens is 3. The molecule has 1 fully saturated rings. The van der Waals surface area contributed by atoms with E-state index in [4.69, 9.17) is 0 Å². The molecule has 7 nitrogen and oxygen atoms in total. The molecule has 0 aromatic heterocycles. The van der Waals surface area contributed by atoms with Crippen LogP contribution in [0.25, 0.3) is 0 Å². The van der Waals surface area contributed by atoms with Gasteiger partial charge in [-0.25, -0.2) is 9.59 Å². The minimum Gasteiger partial charge on any atom is -0.466 e. The summed E-state index contributed by atoms with van der Waals surface area (Å²) in [5.74, 6) is -1.91. The maximum atomic E-state index is 13.9. The number of methoxy groups -OCH3 is 2. The van der Waals surface area contributed by atoms with E-state index in [-0.39, 0.29) is 5.69 Å². The Kier molecular flexibility index (Phi) is 8.17. The van der Waals surface area contributed by atoms with E-state index in [0.29, 0.717) is 31.9 Å². The minimum absolute atomic E-state index is 0.375. The van der Waals surface area contributed by atoms with E-state index < -0.39 is 29.4 Å². The van der Waals surface area contributed by atoms with Gasteiger partial charge < -0.3 is 19.7 Å². The van der Waals surface area contributed by atoms with Crippen molar-refractivity contribution in [2.75, 3.05) is 50.6 Å². The largest absolute Gasteiger partial charge is 0.466 e. The van der Waals surface area contributed by atoms with Crippen LogP contribution in [-0.4, -0.2) is 57.2 Å².